The highest BCUT2D eigenvalue weighted by molar-refractivity contribution is 9.10. The molecule has 3 aromatic carbocycles. The second-order valence-corrected chi connectivity index (χ2v) is 10.3. The maximum Gasteiger partial charge on any atom is 0.294 e. The summed E-state index contributed by atoms with van der Waals surface area (Å²) in [5, 5.41) is 2.33. The van der Waals surface area contributed by atoms with Gasteiger partial charge in [0, 0.05) is 10.2 Å². The first-order valence-corrected chi connectivity index (χ1v) is 12.7. The Labute approximate surface area is 228 Å². The molecule has 1 aliphatic heterocycles. The summed E-state index contributed by atoms with van der Waals surface area (Å²) in [6.45, 7) is -0.258. The lowest BCUT2D eigenvalue weighted by Gasteiger charge is -2.12. The molecule has 11 heteroatoms. The second-order valence-electron chi connectivity index (χ2n) is 7.56. The van der Waals surface area contributed by atoms with Gasteiger partial charge in [0.15, 0.2) is 5.75 Å². The number of imide groups is 1. The van der Waals surface area contributed by atoms with Crippen molar-refractivity contribution in [2.45, 2.75) is 6.61 Å². The Hall–Kier alpha value is -2.85. The van der Waals surface area contributed by atoms with Crippen LogP contribution in [0, 0.1) is 5.82 Å². The zero-order valence-electron chi connectivity index (χ0n) is 18.3. The SMILES string of the molecule is O=C(CN1C(=O)S/C(=C/c2cc(Cl)c(OCc3ccc(Br)cc3)c(Cl)c2)C1=O)Nc1cccc(F)c1. The van der Waals surface area contributed by atoms with E-state index < -0.39 is 29.4 Å². The maximum atomic E-state index is 13.3. The predicted molar refractivity (Wildman–Crippen MR) is 143 cm³/mol. The van der Waals surface area contributed by atoms with Gasteiger partial charge < -0.3 is 10.1 Å². The van der Waals surface area contributed by atoms with Crippen LogP contribution in [0.3, 0.4) is 0 Å². The average molecular weight is 610 g/mol. The molecule has 4 rings (SSSR count). The molecule has 3 amide bonds. The van der Waals surface area contributed by atoms with Crippen LogP contribution in [0.5, 0.6) is 5.75 Å². The fraction of sp³-hybridized carbons (Fsp3) is 0.0800. The first kappa shape index (κ1) is 26.2. The van der Waals surface area contributed by atoms with Crippen LogP contribution in [0.15, 0.2) is 70.0 Å². The van der Waals surface area contributed by atoms with Crippen LogP contribution in [0.25, 0.3) is 6.08 Å². The summed E-state index contributed by atoms with van der Waals surface area (Å²) in [5.74, 6) is -1.51. The molecule has 0 atom stereocenters. The maximum absolute atomic E-state index is 13.3. The molecule has 0 aromatic heterocycles. The van der Waals surface area contributed by atoms with Gasteiger partial charge in [-0.3, -0.25) is 19.3 Å². The second kappa shape index (κ2) is 11.5. The summed E-state index contributed by atoms with van der Waals surface area (Å²) in [5.41, 5.74) is 1.62. The Morgan fingerprint density at radius 3 is 2.44 bits per heavy atom. The first-order valence-electron chi connectivity index (χ1n) is 10.4. The largest absolute Gasteiger partial charge is 0.486 e. The lowest BCUT2D eigenvalue weighted by Crippen LogP contribution is -2.36. The van der Waals surface area contributed by atoms with Crippen molar-refractivity contribution in [3.8, 4) is 5.75 Å². The molecule has 1 saturated heterocycles. The molecular formula is C25H16BrCl2FN2O4S. The highest BCUT2D eigenvalue weighted by Gasteiger charge is 2.36. The summed E-state index contributed by atoms with van der Waals surface area (Å²) in [7, 11) is 0. The number of carbonyl (C=O) groups is 3. The zero-order chi connectivity index (χ0) is 25.8. The van der Waals surface area contributed by atoms with Crippen LogP contribution in [0.4, 0.5) is 14.9 Å². The number of thioether (sulfide) groups is 1. The summed E-state index contributed by atoms with van der Waals surface area (Å²) in [6, 6.07) is 16.0. The van der Waals surface area contributed by atoms with Crippen molar-refractivity contribution in [1.29, 1.82) is 0 Å². The number of hydrogen-bond donors (Lipinski definition) is 1. The van der Waals surface area contributed by atoms with Crippen LogP contribution < -0.4 is 10.1 Å². The standard InChI is InChI=1S/C25H16BrCl2FN2O4S/c26-16-6-4-14(5-7-16)13-35-23-19(27)8-15(9-20(23)28)10-21-24(33)31(25(34)36-21)12-22(32)30-18-3-1-2-17(29)11-18/h1-11H,12-13H2,(H,30,32)/b21-10+. The number of halogens is 4. The van der Waals surface area contributed by atoms with E-state index in [1.165, 1.54) is 24.3 Å². The third-order valence-electron chi connectivity index (χ3n) is 4.90. The molecule has 0 bridgehead atoms. The molecule has 36 heavy (non-hydrogen) atoms. The van der Waals surface area contributed by atoms with Gasteiger partial charge in [-0.1, -0.05) is 57.3 Å². The molecule has 0 aliphatic carbocycles. The van der Waals surface area contributed by atoms with Crippen molar-refractivity contribution in [2.75, 3.05) is 11.9 Å². The zero-order valence-corrected chi connectivity index (χ0v) is 22.2. The van der Waals surface area contributed by atoms with Crippen molar-refractivity contribution >= 4 is 79.7 Å². The van der Waals surface area contributed by atoms with Crippen molar-refractivity contribution in [3.63, 3.8) is 0 Å². The minimum absolute atomic E-state index is 0.106. The van der Waals surface area contributed by atoms with Gasteiger partial charge >= 0.3 is 0 Å². The van der Waals surface area contributed by atoms with E-state index in [0.29, 0.717) is 23.1 Å². The van der Waals surface area contributed by atoms with Crippen LogP contribution in [-0.2, 0) is 16.2 Å². The lowest BCUT2D eigenvalue weighted by molar-refractivity contribution is -0.127. The number of nitrogens with zero attached hydrogens (tertiary/aromatic N) is 1. The molecule has 1 N–H and O–H groups in total. The number of amides is 3. The van der Waals surface area contributed by atoms with E-state index in [4.69, 9.17) is 27.9 Å². The Morgan fingerprint density at radius 2 is 1.78 bits per heavy atom. The predicted octanol–water partition coefficient (Wildman–Crippen LogP) is 7.15. The fourth-order valence-corrected chi connectivity index (χ4v) is 4.95. The molecule has 1 heterocycles. The Balaban J connectivity index is 1.43. The fourth-order valence-electron chi connectivity index (χ4n) is 3.23. The van der Waals surface area contributed by atoms with Gasteiger partial charge in [-0.15, -0.1) is 0 Å². The third-order valence-corrected chi connectivity index (χ3v) is 6.90. The van der Waals surface area contributed by atoms with E-state index in [1.807, 2.05) is 24.3 Å². The van der Waals surface area contributed by atoms with Crippen molar-refractivity contribution in [2.24, 2.45) is 0 Å². The summed E-state index contributed by atoms with van der Waals surface area (Å²) < 4.78 is 20.0. The quantitative estimate of drug-likeness (QED) is 0.288. The molecule has 184 valence electrons. The van der Waals surface area contributed by atoms with Gasteiger partial charge in [-0.25, -0.2) is 4.39 Å². The average Bonchev–Trinajstić information content (AvgIpc) is 3.07. The van der Waals surface area contributed by atoms with Gasteiger partial charge in [-0.2, -0.15) is 0 Å². The molecule has 0 spiro atoms. The number of nitrogens with one attached hydrogen (secondary N) is 1. The molecular weight excluding hydrogens is 594 g/mol. The smallest absolute Gasteiger partial charge is 0.294 e. The number of hydrogen-bond acceptors (Lipinski definition) is 5. The minimum Gasteiger partial charge on any atom is -0.486 e. The van der Waals surface area contributed by atoms with E-state index in [-0.39, 0.29) is 27.2 Å². The number of ether oxygens (including phenoxy) is 1. The van der Waals surface area contributed by atoms with Gasteiger partial charge in [0.05, 0.1) is 15.0 Å². The van der Waals surface area contributed by atoms with E-state index in [0.717, 1.165) is 21.0 Å². The lowest BCUT2D eigenvalue weighted by atomic mass is 10.2. The molecule has 6 nitrogen and oxygen atoms in total. The normalized spacial score (nSPS) is 14.4. The van der Waals surface area contributed by atoms with Crippen molar-refractivity contribution < 1.29 is 23.5 Å². The Kier molecular flexibility index (Phi) is 8.35. The molecule has 0 unspecified atom stereocenters. The third kappa shape index (κ3) is 6.47. The number of rotatable bonds is 7. The number of anilines is 1. The molecule has 0 saturated carbocycles. The number of benzene rings is 3. The minimum atomic E-state index is -0.637. The number of carbonyl (C=O) groups excluding carboxylic acids is 3. The van der Waals surface area contributed by atoms with Gasteiger partial charge in [0.1, 0.15) is 19.0 Å². The first-order chi connectivity index (χ1) is 17.2. The summed E-state index contributed by atoms with van der Waals surface area (Å²) in [6.07, 6.45) is 1.46. The van der Waals surface area contributed by atoms with E-state index >= 15 is 0 Å². The van der Waals surface area contributed by atoms with E-state index in [9.17, 15) is 18.8 Å². The molecule has 1 aliphatic rings. The van der Waals surface area contributed by atoms with Crippen LogP contribution in [0.1, 0.15) is 11.1 Å². The summed E-state index contributed by atoms with van der Waals surface area (Å²) >= 11 is 16.8. The van der Waals surface area contributed by atoms with Crippen LogP contribution in [0.2, 0.25) is 10.0 Å². The van der Waals surface area contributed by atoms with Crippen molar-refractivity contribution in [3.05, 3.63) is 97.0 Å². The summed E-state index contributed by atoms with van der Waals surface area (Å²) in [4.78, 5) is 38.3. The van der Waals surface area contributed by atoms with Gasteiger partial charge in [0.2, 0.25) is 5.91 Å². The molecule has 3 aromatic rings. The topological polar surface area (TPSA) is 75.7 Å². The van der Waals surface area contributed by atoms with E-state index in [1.54, 1.807) is 12.1 Å². The monoisotopic (exact) mass is 608 g/mol. The Morgan fingerprint density at radius 1 is 1.08 bits per heavy atom. The van der Waals surface area contributed by atoms with E-state index in [2.05, 4.69) is 21.2 Å². The molecule has 0 radical (unpaired) electrons. The van der Waals surface area contributed by atoms with Gasteiger partial charge in [0.25, 0.3) is 11.1 Å². The van der Waals surface area contributed by atoms with Crippen molar-refractivity contribution in [1.82, 2.24) is 4.90 Å². The highest BCUT2D eigenvalue weighted by atomic mass is 79.9. The van der Waals surface area contributed by atoms with Crippen LogP contribution in [-0.4, -0.2) is 28.5 Å². The highest BCUT2D eigenvalue weighted by Crippen LogP contribution is 2.37. The van der Waals surface area contributed by atoms with Gasteiger partial charge in [-0.05, 0) is 71.4 Å². The van der Waals surface area contributed by atoms with Crippen LogP contribution >= 0.6 is 50.9 Å². The Bertz CT molecular complexity index is 1360. The molecule has 1 fully saturated rings.